The molecule has 1 aromatic carbocycles. The van der Waals surface area contributed by atoms with Crippen LogP contribution in [0.1, 0.15) is 25.7 Å². The lowest BCUT2D eigenvalue weighted by atomic mass is 9.90. The minimum atomic E-state index is 0.259. The van der Waals surface area contributed by atoms with Crippen molar-refractivity contribution in [1.82, 2.24) is 0 Å². The van der Waals surface area contributed by atoms with E-state index >= 15 is 0 Å². The molecule has 100 valence electrons. The lowest BCUT2D eigenvalue weighted by Gasteiger charge is -2.27. The van der Waals surface area contributed by atoms with E-state index < -0.39 is 0 Å². The van der Waals surface area contributed by atoms with Crippen molar-refractivity contribution < 1.29 is 4.74 Å². The summed E-state index contributed by atoms with van der Waals surface area (Å²) in [5.41, 5.74) is 0.259. The van der Waals surface area contributed by atoms with Gasteiger partial charge in [0.1, 0.15) is 5.75 Å². The second kappa shape index (κ2) is 6.51. The summed E-state index contributed by atoms with van der Waals surface area (Å²) in [6.07, 6.45) is 5.05. The smallest absolute Gasteiger partial charge is 0.147 e. The second-order valence-electron chi connectivity index (χ2n) is 4.85. The zero-order valence-corrected chi connectivity index (χ0v) is 15.5. The van der Waals surface area contributed by atoms with Crippen molar-refractivity contribution in [3.63, 3.8) is 0 Å². The normalized spacial score (nSPS) is 18.0. The van der Waals surface area contributed by atoms with Gasteiger partial charge in [-0.25, -0.2) is 0 Å². The lowest BCUT2D eigenvalue weighted by molar-refractivity contribution is 0.171. The Bertz CT molecular complexity index is 407. The number of rotatable bonds is 4. The van der Waals surface area contributed by atoms with Crippen LogP contribution in [0.2, 0.25) is 0 Å². The third kappa shape index (κ3) is 3.47. The molecule has 1 aliphatic carbocycles. The van der Waals surface area contributed by atoms with E-state index in [0.717, 1.165) is 31.5 Å². The van der Waals surface area contributed by atoms with Crippen LogP contribution in [0.25, 0.3) is 0 Å². The van der Waals surface area contributed by atoms with Crippen LogP contribution >= 0.6 is 60.4 Å². The third-order valence-corrected chi connectivity index (χ3v) is 5.79. The molecule has 0 N–H and O–H groups in total. The average Bonchev–Trinajstić information content (AvgIpc) is 2.77. The van der Waals surface area contributed by atoms with Crippen molar-refractivity contribution in [2.75, 3.05) is 12.4 Å². The van der Waals surface area contributed by atoms with Gasteiger partial charge in [-0.3, -0.25) is 0 Å². The Morgan fingerprint density at radius 2 is 1.67 bits per heavy atom. The van der Waals surface area contributed by atoms with E-state index in [1.807, 2.05) is 12.1 Å². The van der Waals surface area contributed by atoms with Gasteiger partial charge in [-0.05, 0) is 62.6 Å². The molecule has 1 aromatic rings. The minimum Gasteiger partial charge on any atom is -0.491 e. The van der Waals surface area contributed by atoms with Crippen molar-refractivity contribution in [2.45, 2.75) is 25.7 Å². The van der Waals surface area contributed by atoms with Crippen molar-refractivity contribution >= 4 is 60.4 Å². The Balaban J connectivity index is 2.10. The molecule has 1 nitrogen and oxygen atoms in total. The quantitative estimate of drug-likeness (QED) is 0.557. The predicted octanol–water partition coefficient (Wildman–Crippen LogP) is 5.84. The molecule has 0 amide bonds. The van der Waals surface area contributed by atoms with Gasteiger partial charge in [0.15, 0.2) is 0 Å². The highest BCUT2D eigenvalue weighted by molar-refractivity contribution is 9.11. The number of halogens is 3. The average molecular weight is 459 g/mol. The van der Waals surface area contributed by atoms with Crippen LogP contribution in [0, 0.1) is 5.41 Å². The maximum absolute atomic E-state index is 6.04. The molecular weight excluding hydrogens is 444 g/mol. The summed E-state index contributed by atoms with van der Waals surface area (Å²) in [4.78, 5) is 0. The standard InChI is InChI=1S/C13H15Br3OS/c14-9-5-10(15)12(11(16)6-9)17-7-13(8-18)3-1-2-4-13/h5-6,18H,1-4,7-8H2. The van der Waals surface area contributed by atoms with E-state index in [1.54, 1.807) is 0 Å². The van der Waals surface area contributed by atoms with Gasteiger partial charge in [0, 0.05) is 9.89 Å². The third-order valence-electron chi connectivity index (χ3n) is 3.49. The van der Waals surface area contributed by atoms with E-state index in [-0.39, 0.29) is 5.41 Å². The van der Waals surface area contributed by atoms with Gasteiger partial charge in [-0.2, -0.15) is 12.6 Å². The number of benzene rings is 1. The molecule has 0 heterocycles. The zero-order valence-electron chi connectivity index (χ0n) is 9.89. The van der Waals surface area contributed by atoms with Gasteiger partial charge in [0.2, 0.25) is 0 Å². The van der Waals surface area contributed by atoms with Crippen LogP contribution in [0.5, 0.6) is 5.75 Å². The lowest BCUT2D eigenvalue weighted by Crippen LogP contribution is -2.27. The number of hydrogen-bond acceptors (Lipinski definition) is 2. The van der Waals surface area contributed by atoms with Crippen molar-refractivity contribution in [3.8, 4) is 5.75 Å². The van der Waals surface area contributed by atoms with Gasteiger partial charge in [-0.1, -0.05) is 28.8 Å². The molecule has 0 unspecified atom stereocenters. The highest BCUT2D eigenvalue weighted by Crippen LogP contribution is 2.42. The van der Waals surface area contributed by atoms with Gasteiger partial charge in [-0.15, -0.1) is 0 Å². The Kier molecular flexibility index (Phi) is 5.50. The van der Waals surface area contributed by atoms with Gasteiger partial charge in [0.05, 0.1) is 15.6 Å². The Morgan fingerprint density at radius 3 is 2.17 bits per heavy atom. The van der Waals surface area contributed by atoms with Crippen LogP contribution in [-0.2, 0) is 0 Å². The Morgan fingerprint density at radius 1 is 1.11 bits per heavy atom. The van der Waals surface area contributed by atoms with E-state index in [2.05, 4.69) is 60.4 Å². The Hall–Kier alpha value is 0.810. The van der Waals surface area contributed by atoms with Crippen LogP contribution in [0.4, 0.5) is 0 Å². The predicted molar refractivity (Wildman–Crippen MR) is 89.8 cm³/mol. The molecular formula is C13H15Br3OS. The fraction of sp³-hybridized carbons (Fsp3) is 0.538. The van der Waals surface area contributed by atoms with E-state index in [9.17, 15) is 0 Å². The maximum Gasteiger partial charge on any atom is 0.147 e. The van der Waals surface area contributed by atoms with Crippen LogP contribution in [0.15, 0.2) is 25.6 Å². The molecule has 18 heavy (non-hydrogen) atoms. The maximum atomic E-state index is 6.04. The monoisotopic (exact) mass is 456 g/mol. The molecule has 1 aliphatic rings. The van der Waals surface area contributed by atoms with E-state index in [1.165, 1.54) is 25.7 Å². The summed E-state index contributed by atoms with van der Waals surface area (Å²) in [6.45, 7) is 0.745. The second-order valence-corrected chi connectivity index (χ2v) is 7.79. The number of hydrogen-bond donors (Lipinski definition) is 1. The first-order valence-electron chi connectivity index (χ1n) is 5.94. The molecule has 1 saturated carbocycles. The molecule has 0 aromatic heterocycles. The number of ether oxygens (including phenoxy) is 1. The molecule has 0 spiro atoms. The largest absolute Gasteiger partial charge is 0.491 e. The van der Waals surface area contributed by atoms with Gasteiger partial charge in [0.25, 0.3) is 0 Å². The molecule has 0 aliphatic heterocycles. The van der Waals surface area contributed by atoms with Gasteiger partial charge < -0.3 is 4.74 Å². The molecule has 1 fully saturated rings. The first-order chi connectivity index (χ1) is 8.56. The van der Waals surface area contributed by atoms with Crippen LogP contribution in [-0.4, -0.2) is 12.4 Å². The van der Waals surface area contributed by atoms with Crippen LogP contribution < -0.4 is 4.74 Å². The topological polar surface area (TPSA) is 9.23 Å². The van der Waals surface area contributed by atoms with Crippen molar-refractivity contribution in [3.05, 3.63) is 25.6 Å². The van der Waals surface area contributed by atoms with Crippen LogP contribution in [0.3, 0.4) is 0 Å². The fourth-order valence-corrected chi connectivity index (χ4v) is 5.26. The Labute approximate surface area is 139 Å². The molecule has 0 bridgehead atoms. The van der Waals surface area contributed by atoms with Gasteiger partial charge >= 0.3 is 0 Å². The summed E-state index contributed by atoms with van der Waals surface area (Å²) in [5, 5.41) is 0. The number of thiol groups is 1. The molecule has 0 saturated heterocycles. The minimum absolute atomic E-state index is 0.259. The summed E-state index contributed by atoms with van der Waals surface area (Å²) >= 11 is 15.1. The summed E-state index contributed by atoms with van der Waals surface area (Å²) in [5.74, 6) is 1.78. The first-order valence-corrected chi connectivity index (χ1v) is 8.96. The SMILES string of the molecule is SCC1(COc2c(Br)cc(Br)cc2Br)CCCC1. The molecule has 0 radical (unpaired) electrons. The summed E-state index contributed by atoms with van der Waals surface area (Å²) in [6, 6.07) is 4.00. The van der Waals surface area contributed by atoms with Crippen molar-refractivity contribution in [2.24, 2.45) is 5.41 Å². The zero-order chi connectivity index (χ0) is 13.2. The molecule has 0 atom stereocenters. The summed E-state index contributed by atoms with van der Waals surface area (Å²) < 4.78 is 9.00. The first kappa shape index (κ1) is 15.2. The van der Waals surface area contributed by atoms with E-state index in [0.29, 0.717) is 0 Å². The highest BCUT2D eigenvalue weighted by Gasteiger charge is 2.33. The van der Waals surface area contributed by atoms with Crippen molar-refractivity contribution in [1.29, 1.82) is 0 Å². The fourth-order valence-electron chi connectivity index (χ4n) is 2.37. The molecule has 2 rings (SSSR count). The highest BCUT2D eigenvalue weighted by atomic mass is 79.9. The van der Waals surface area contributed by atoms with E-state index in [4.69, 9.17) is 4.74 Å². The summed E-state index contributed by atoms with van der Waals surface area (Å²) in [7, 11) is 0. The molecule has 5 heteroatoms.